The second-order valence-corrected chi connectivity index (χ2v) is 2.47. The number of halogens is 2. The second-order valence-electron chi connectivity index (χ2n) is 2.47. The fraction of sp³-hybridized carbons (Fsp3) is 0.143. The van der Waals surface area contributed by atoms with Gasteiger partial charge in [0.2, 0.25) is 5.43 Å². The van der Waals surface area contributed by atoms with Gasteiger partial charge >= 0.3 is 0 Å². The van der Waals surface area contributed by atoms with E-state index in [0.29, 0.717) is 6.07 Å². The van der Waals surface area contributed by atoms with Crippen LogP contribution in [0.5, 0.6) is 5.75 Å². The van der Waals surface area contributed by atoms with Gasteiger partial charge < -0.3 is 15.8 Å². The standard InChI is InChI=1S/C7H6F2N2O3/c8-6(9)4-5(13)3(12)1-2(11-4)7(10)14/h1,6,13H,(H2,10,14)(H,11,12). The molecule has 1 rings (SSSR count). The molecule has 0 aliphatic rings. The summed E-state index contributed by atoms with van der Waals surface area (Å²) in [6.45, 7) is 0. The molecule has 0 bridgehead atoms. The predicted molar refractivity (Wildman–Crippen MR) is 42.2 cm³/mol. The summed E-state index contributed by atoms with van der Waals surface area (Å²) in [4.78, 5) is 23.3. The topological polar surface area (TPSA) is 96.2 Å². The van der Waals surface area contributed by atoms with Gasteiger partial charge in [-0.25, -0.2) is 8.78 Å². The highest BCUT2D eigenvalue weighted by Gasteiger charge is 2.18. The molecule has 0 aromatic carbocycles. The molecule has 1 aromatic rings. The molecular formula is C7H6F2N2O3. The van der Waals surface area contributed by atoms with E-state index in [1.165, 1.54) is 0 Å². The van der Waals surface area contributed by atoms with E-state index in [1.807, 2.05) is 4.98 Å². The van der Waals surface area contributed by atoms with E-state index >= 15 is 0 Å². The van der Waals surface area contributed by atoms with Crippen LogP contribution >= 0.6 is 0 Å². The Kier molecular flexibility index (Phi) is 2.50. The maximum Gasteiger partial charge on any atom is 0.282 e. The molecule has 0 fully saturated rings. The summed E-state index contributed by atoms with van der Waals surface area (Å²) >= 11 is 0. The van der Waals surface area contributed by atoms with Crippen LogP contribution < -0.4 is 11.2 Å². The smallest absolute Gasteiger partial charge is 0.282 e. The Morgan fingerprint density at radius 3 is 2.57 bits per heavy atom. The van der Waals surface area contributed by atoms with Crippen LogP contribution in [-0.2, 0) is 0 Å². The minimum Gasteiger partial charge on any atom is -0.503 e. The number of hydrogen-bond acceptors (Lipinski definition) is 3. The van der Waals surface area contributed by atoms with Gasteiger partial charge in [0.1, 0.15) is 11.4 Å². The van der Waals surface area contributed by atoms with Crippen molar-refractivity contribution in [3.05, 3.63) is 27.7 Å². The average Bonchev–Trinajstić information content (AvgIpc) is 2.08. The third-order valence-corrected chi connectivity index (χ3v) is 1.52. The normalized spacial score (nSPS) is 10.5. The fourth-order valence-corrected chi connectivity index (χ4v) is 0.863. The summed E-state index contributed by atoms with van der Waals surface area (Å²) in [5, 5.41) is 8.90. The number of aromatic hydroxyl groups is 1. The lowest BCUT2D eigenvalue weighted by Crippen LogP contribution is -2.18. The van der Waals surface area contributed by atoms with Crippen LogP contribution in [0.2, 0.25) is 0 Å². The number of nitrogens with two attached hydrogens (primary N) is 1. The number of H-pyrrole nitrogens is 1. The molecule has 0 saturated heterocycles. The number of aromatic amines is 1. The third-order valence-electron chi connectivity index (χ3n) is 1.52. The number of primary amides is 1. The van der Waals surface area contributed by atoms with Crippen LogP contribution in [0.1, 0.15) is 22.6 Å². The SMILES string of the molecule is NC(=O)c1cc(=O)c(O)c(C(F)F)[nH]1. The van der Waals surface area contributed by atoms with Crippen molar-refractivity contribution < 1.29 is 18.7 Å². The van der Waals surface area contributed by atoms with Crippen molar-refractivity contribution in [1.29, 1.82) is 0 Å². The number of alkyl halides is 2. The van der Waals surface area contributed by atoms with Crippen LogP contribution in [0.15, 0.2) is 10.9 Å². The number of rotatable bonds is 2. The molecule has 5 nitrogen and oxygen atoms in total. The van der Waals surface area contributed by atoms with E-state index in [-0.39, 0.29) is 0 Å². The molecule has 0 saturated carbocycles. The van der Waals surface area contributed by atoms with Gasteiger partial charge in [-0.2, -0.15) is 0 Å². The quantitative estimate of drug-likeness (QED) is 0.638. The largest absolute Gasteiger partial charge is 0.503 e. The predicted octanol–water partition coefficient (Wildman–Crippen LogP) is 0.117. The van der Waals surface area contributed by atoms with Gasteiger partial charge in [-0.15, -0.1) is 0 Å². The number of pyridine rings is 1. The highest BCUT2D eigenvalue weighted by Crippen LogP contribution is 2.22. The zero-order valence-corrected chi connectivity index (χ0v) is 6.75. The zero-order valence-electron chi connectivity index (χ0n) is 6.75. The van der Waals surface area contributed by atoms with E-state index in [1.54, 1.807) is 0 Å². The molecule has 1 amide bonds. The lowest BCUT2D eigenvalue weighted by atomic mass is 10.2. The molecule has 7 heteroatoms. The molecule has 0 atom stereocenters. The maximum atomic E-state index is 12.2. The van der Waals surface area contributed by atoms with Crippen LogP contribution in [0, 0.1) is 0 Å². The molecule has 0 aliphatic carbocycles. The second kappa shape index (κ2) is 3.44. The van der Waals surface area contributed by atoms with E-state index in [0.717, 1.165) is 0 Å². The zero-order chi connectivity index (χ0) is 10.9. The van der Waals surface area contributed by atoms with Crippen molar-refractivity contribution in [2.24, 2.45) is 5.73 Å². The highest BCUT2D eigenvalue weighted by atomic mass is 19.3. The number of aromatic nitrogens is 1. The first kappa shape index (κ1) is 10.2. The highest BCUT2D eigenvalue weighted by molar-refractivity contribution is 5.90. The van der Waals surface area contributed by atoms with Gasteiger partial charge in [-0.05, 0) is 0 Å². The van der Waals surface area contributed by atoms with Crippen molar-refractivity contribution in [2.45, 2.75) is 6.43 Å². The van der Waals surface area contributed by atoms with Crippen molar-refractivity contribution in [1.82, 2.24) is 4.98 Å². The number of nitrogens with one attached hydrogen (secondary N) is 1. The number of amides is 1. The van der Waals surface area contributed by atoms with E-state index in [9.17, 15) is 18.4 Å². The summed E-state index contributed by atoms with van der Waals surface area (Å²) in [7, 11) is 0. The van der Waals surface area contributed by atoms with E-state index < -0.39 is 34.9 Å². The summed E-state index contributed by atoms with van der Waals surface area (Å²) < 4.78 is 24.3. The van der Waals surface area contributed by atoms with Crippen molar-refractivity contribution in [3.63, 3.8) is 0 Å². The molecule has 1 aromatic heterocycles. The van der Waals surface area contributed by atoms with Gasteiger partial charge in [0, 0.05) is 6.07 Å². The first-order valence-electron chi connectivity index (χ1n) is 3.47. The van der Waals surface area contributed by atoms with Crippen molar-refractivity contribution >= 4 is 5.91 Å². The van der Waals surface area contributed by atoms with Gasteiger partial charge in [0.15, 0.2) is 5.75 Å². The molecule has 0 radical (unpaired) electrons. The van der Waals surface area contributed by atoms with E-state index in [2.05, 4.69) is 0 Å². The molecule has 4 N–H and O–H groups in total. The summed E-state index contributed by atoms with van der Waals surface area (Å²) in [5.74, 6) is -2.16. The Hall–Kier alpha value is -1.92. The lowest BCUT2D eigenvalue weighted by molar-refractivity contribution is 0.0993. The van der Waals surface area contributed by atoms with Crippen molar-refractivity contribution in [3.8, 4) is 5.75 Å². The first-order chi connectivity index (χ1) is 6.43. The van der Waals surface area contributed by atoms with Crippen LogP contribution in [0.3, 0.4) is 0 Å². The minimum atomic E-state index is -3.08. The van der Waals surface area contributed by atoms with Crippen LogP contribution in [0.25, 0.3) is 0 Å². The number of hydrogen-bond donors (Lipinski definition) is 3. The Morgan fingerprint density at radius 2 is 2.14 bits per heavy atom. The molecule has 14 heavy (non-hydrogen) atoms. The summed E-state index contributed by atoms with van der Waals surface area (Å²) in [6.07, 6.45) is -3.08. The van der Waals surface area contributed by atoms with Crippen LogP contribution in [0.4, 0.5) is 8.78 Å². The Balaban J connectivity index is 3.43. The Labute approximate surface area is 76.2 Å². The number of carbonyl (C=O) groups is 1. The summed E-state index contributed by atoms with van der Waals surface area (Å²) in [6, 6.07) is 0.656. The summed E-state index contributed by atoms with van der Waals surface area (Å²) in [5.41, 5.74) is 2.21. The van der Waals surface area contributed by atoms with Gasteiger partial charge in [0.05, 0.1) is 0 Å². The fourth-order valence-electron chi connectivity index (χ4n) is 0.863. The number of carbonyl (C=O) groups excluding carboxylic acids is 1. The van der Waals surface area contributed by atoms with E-state index in [4.69, 9.17) is 10.8 Å². The maximum absolute atomic E-state index is 12.2. The molecule has 0 aliphatic heterocycles. The molecule has 0 spiro atoms. The molecule has 76 valence electrons. The molecular weight excluding hydrogens is 198 g/mol. The first-order valence-corrected chi connectivity index (χ1v) is 3.47. The monoisotopic (exact) mass is 204 g/mol. The van der Waals surface area contributed by atoms with Crippen molar-refractivity contribution in [2.75, 3.05) is 0 Å². The Bertz CT molecular complexity index is 427. The lowest BCUT2D eigenvalue weighted by Gasteiger charge is -2.04. The molecule has 1 heterocycles. The van der Waals surface area contributed by atoms with Gasteiger partial charge in [-0.1, -0.05) is 0 Å². The average molecular weight is 204 g/mol. The Morgan fingerprint density at radius 1 is 1.57 bits per heavy atom. The molecule has 0 unspecified atom stereocenters. The van der Waals surface area contributed by atoms with Gasteiger partial charge in [-0.3, -0.25) is 9.59 Å². The van der Waals surface area contributed by atoms with Crippen LogP contribution in [-0.4, -0.2) is 16.0 Å². The van der Waals surface area contributed by atoms with Gasteiger partial charge in [0.25, 0.3) is 12.3 Å². The minimum absolute atomic E-state index is 0.469. The third kappa shape index (κ3) is 1.70.